The normalized spacial score (nSPS) is 11.2. The lowest BCUT2D eigenvalue weighted by atomic mass is 10.4. The van der Waals surface area contributed by atoms with Crippen LogP contribution in [0.1, 0.15) is 19.2 Å². The Labute approximate surface area is 109 Å². The Bertz CT molecular complexity index is 549. The van der Waals surface area contributed by atoms with Crippen molar-refractivity contribution in [1.29, 1.82) is 0 Å². The van der Waals surface area contributed by atoms with Gasteiger partial charge in [0, 0.05) is 6.54 Å². The Balaban J connectivity index is 1.86. The second-order valence-corrected chi connectivity index (χ2v) is 4.87. The molecule has 18 heavy (non-hydrogen) atoms. The number of hydrogen-bond acceptors (Lipinski definition) is 5. The minimum Gasteiger partial charge on any atom is -0.372 e. The number of nitrogens with one attached hydrogen (secondary N) is 2. The molecule has 5 nitrogen and oxygen atoms in total. The van der Waals surface area contributed by atoms with Crippen LogP contribution in [-0.2, 0) is 11.3 Å². The summed E-state index contributed by atoms with van der Waals surface area (Å²) in [6.45, 7) is 4.90. The van der Waals surface area contributed by atoms with E-state index in [2.05, 4.69) is 22.2 Å². The number of aromatic amines is 1. The third-order valence-corrected chi connectivity index (χ3v) is 3.36. The van der Waals surface area contributed by atoms with Crippen molar-refractivity contribution in [1.82, 2.24) is 15.3 Å². The lowest BCUT2D eigenvalue weighted by Crippen LogP contribution is -2.20. The Morgan fingerprint density at radius 2 is 2.39 bits per heavy atom. The van der Waals surface area contributed by atoms with Crippen molar-refractivity contribution in [2.75, 3.05) is 19.7 Å². The maximum absolute atomic E-state index is 11.7. The third kappa shape index (κ3) is 3.38. The molecule has 0 spiro atoms. The summed E-state index contributed by atoms with van der Waals surface area (Å²) in [7, 11) is 0. The van der Waals surface area contributed by atoms with Crippen LogP contribution in [0.4, 0.5) is 0 Å². The minimum atomic E-state index is -0.0855. The maximum atomic E-state index is 11.7. The van der Waals surface area contributed by atoms with Crippen LogP contribution in [0.25, 0.3) is 10.2 Å². The number of nitrogens with zero attached hydrogens (tertiary/aromatic N) is 1. The molecule has 0 amide bonds. The highest BCUT2D eigenvalue weighted by molar-refractivity contribution is 7.17. The van der Waals surface area contributed by atoms with Crippen molar-refractivity contribution in [3.8, 4) is 0 Å². The van der Waals surface area contributed by atoms with Crippen LogP contribution in [0.2, 0.25) is 0 Å². The zero-order valence-corrected chi connectivity index (χ0v) is 11.2. The van der Waals surface area contributed by atoms with E-state index < -0.39 is 0 Å². The van der Waals surface area contributed by atoms with Gasteiger partial charge in [0.05, 0.1) is 12.1 Å². The Hall–Kier alpha value is -1.24. The average Bonchev–Trinajstić information content (AvgIpc) is 2.82. The minimum absolute atomic E-state index is 0.0855. The summed E-state index contributed by atoms with van der Waals surface area (Å²) in [5.74, 6) is 0.585. The Kier molecular flexibility index (Phi) is 4.86. The van der Waals surface area contributed by atoms with Gasteiger partial charge < -0.3 is 15.0 Å². The molecule has 98 valence electrons. The number of fused-ring (bicyclic) bond motifs is 1. The standard InChI is InChI=1S/C12H17N3O2S/c1-2-4-13-5-6-17-8-10-14-9-3-7-18-11(9)12(16)15-10/h3,7,13H,2,4-6,8H2,1H3,(H,14,15,16). The van der Waals surface area contributed by atoms with Gasteiger partial charge in [-0.05, 0) is 24.4 Å². The largest absolute Gasteiger partial charge is 0.372 e. The number of aromatic nitrogens is 2. The lowest BCUT2D eigenvalue weighted by molar-refractivity contribution is 0.117. The molecule has 0 aliphatic carbocycles. The van der Waals surface area contributed by atoms with E-state index in [1.807, 2.05) is 11.4 Å². The predicted molar refractivity (Wildman–Crippen MR) is 73.1 cm³/mol. The Morgan fingerprint density at radius 3 is 3.22 bits per heavy atom. The molecule has 2 rings (SSSR count). The van der Waals surface area contributed by atoms with E-state index >= 15 is 0 Å². The van der Waals surface area contributed by atoms with Crippen molar-refractivity contribution < 1.29 is 4.74 Å². The first-order chi connectivity index (χ1) is 8.81. The molecule has 0 bridgehead atoms. The van der Waals surface area contributed by atoms with Gasteiger partial charge in [0.2, 0.25) is 0 Å². The molecule has 0 aromatic carbocycles. The quantitative estimate of drug-likeness (QED) is 0.746. The van der Waals surface area contributed by atoms with Gasteiger partial charge in [-0.25, -0.2) is 4.98 Å². The van der Waals surface area contributed by atoms with Gasteiger partial charge in [-0.3, -0.25) is 4.79 Å². The van der Waals surface area contributed by atoms with Crippen molar-refractivity contribution in [3.05, 3.63) is 27.6 Å². The van der Waals surface area contributed by atoms with E-state index in [0.29, 0.717) is 23.7 Å². The molecule has 0 aliphatic rings. The first kappa shape index (κ1) is 13.2. The van der Waals surface area contributed by atoms with Crippen molar-refractivity contribution in [2.45, 2.75) is 20.0 Å². The van der Waals surface area contributed by atoms with Crippen LogP contribution in [-0.4, -0.2) is 29.7 Å². The highest BCUT2D eigenvalue weighted by Crippen LogP contribution is 2.13. The van der Waals surface area contributed by atoms with Crippen LogP contribution in [0.3, 0.4) is 0 Å². The first-order valence-corrected chi connectivity index (χ1v) is 6.94. The van der Waals surface area contributed by atoms with Crippen LogP contribution in [0, 0.1) is 0 Å². The van der Waals surface area contributed by atoms with Gasteiger partial charge >= 0.3 is 0 Å². The van der Waals surface area contributed by atoms with E-state index in [0.717, 1.165) is 25.0 Å². The third-order valence-electron chi connectivity index (χ3n) is 2.45. The monoisotopic (exact) mass is 267 g/mol. The number of rotatable bonds is 7. The summed E-state index contributed by atoms with van der Waals surface area (Å²) in [4.78, 5) is 18.8. The molecule has 0 fully saturated rings. The van der Waals surface area contributed by atoms with Gasteiger partial charge in [0.1, 0.15) is 17.1 Å². The van der Waals surface area contributed by atoms with Gasteiger partial charge in [-0.1, -0.05) is 6.92 Å². The zero-order chi connectivity index (χ0) is 12.8. The molecule has 2 N–H and O–H groups in total. The summed E-state index contributed by atoms with van der Waals surface area (Å²) in [6, 6.07) is 1.85. The van der Waals surface area contributed by atoms with Crippen molar-refractivity contribution in [3.63, 3.8) is 0 Å². The topological polar surface area (TPSA) is 67.0 Å². The molecule has 0 saturated heterocycles. The van der Waals surface area contributed by atoms with Crippen LogP contribution < -0.4 is 10.9 Å². The summed E-state index contributed by atoms with van der Waals surface area (Å²) < 4.78 is 6.12. The molecular formula is C12H17N3O2S. The Morgan fingerprint density at radius 1 is 1.50 bits per heavy atom. The molecule has 2 aromatic rings. The number of ether oxygens (including phenoxy) is 1. The fourth-order valence-corrected chi connectivity index (χ4v) is 2.33. The molecule has 0 radical (unpaired) electrons. The van der Waals surface area contributed by atoms with E-state index in [-0.39, 0.29) is 5.56 Å². The second-order valence-electron chi connectivity index (χ2n) is 3.95. The van der Waals surface area contributed by atoms with Gasteiger partial charge in [-0.15, -0.1) is 11.3 Å². The molecule has 0 unspecified atom stereocenters. The fourth-order valence-electron chi connectivity index (χ4n) is 1.60. The highest BCUT2D eigenvalue weighted by atomic mass is 32.1. The molecule has 6 heteroatoms. The predicted octanol–water partition coefficient (Wildman–Crippen LogP) is 1.50. The van der Waals surface area contributed by atoms with Gasteiger partial charge in [0.25, 0.3) is 5.56 Å². The number of thiophene rings is 1. The molecule has 0 saturated carbocycles. The van der Waals surface area contributed by atoms with E-state index in [1.165, 1.54) is 11.3 Å². The van der Waals surface area contributed by atoms with E-state index in [4.69, 9.17) is 4.74 Å². The summed E-state index contributed by atoms with van der Waals surface area (Å²) in [6.07, 6.45) is 1.11. The summed E-state index contributed by atoms with van der Waals surface area (Å²) >= 11 is 1.40. The molecule has 0 aliphatic heterocycles. The summed E-state index contributed by atoms with van der Waals surface area (Å²) in [5.41, 5.74) is 0.657. The molecular weight excluding hydrogens is 250 g/mol. The molecule has 0 atom stereocenters. The first-order valence-electron chi connectivity index (χ1n) is 6.06. The van der Waals surface area contributed by atoms with Crippen LogP contribution in [0.5, 0.6) is 0 Å². The summed E-state index contributed by atoms with van der Waals surface area (Å²) in [5, 5.41) is 5.11. The molecule has 2 aromatic heterocycles. The fraction of sp³-hybridized carbons (Fsp3) is 0.500. The van der Waals surface area contributed by atoms with Crippen molar-refractivity contribution in [2.24, 2.45) is 0 Å². The highest BCUT2D eigenvalue weighted by Gasteiger charge is 2.04. The van der Waals surface area contributed by atoms with Crippen LogP contribution >= 0.6 is 11.3 Å². The average molecular weight is 267 g/mol. The van der Waals surface area contributed by atoms with Crippen LogP contribution in [0.15, 0.2) is 16.2 Å². The van der Waals surface area contributed by atoms with Crippen molar-refractivity contribution >= 4 is 21.6 Å². The maximum Gasteiger partial charge on any atom is 0.268 e. The van der Waals surface area contributed by atoms with Gasteiger partial charge in [-0.2, -0.15) is 0 Å². The number of H-pyrrole nitrogens is 1. The van der Waals surface area contributed by atoms with E-state index in [1.54, 1.807) is 0 Å². The molecule has 2 heterocycles. The van der Waals surface area contributed by atoms with E-state index in [9.17, 15) is 4.79 Å². The smallest absolute Gasteiger partial charge is 0.268 e. The second kappa shape index (κ2) is 6.63. The zero-order valence-electron chi connectivity index (χ0n) is 10.4. The number of hydrogen-bond donors (Lipinski definition) is 2. The van der Waals surface area contributed by atoms with Gasteiger partial charge in [0.15, 0.2) is 0 Å². The lowest BCUT2D eigenvalue weighted by Gasteiger charge is -2.04. The SMILES string of the molecule is CCCNCCOCc1nc2ccsc2c(=O)[nH]1.